The molecule has 0 aromatic heterocycles. The molecule has 0 aliphatic rings. The zero-order valence-electron chi connectivity index (χ0n) is 11.1. The molecule has 0 atom stereocenters. The maximum absolute atomic E-state index is 5.65. The molecule has 1 aromatic carbocycles. The molecule has 102 valence electrons. The lowest BCUT2D eigenvalue weighted by molar-refractivity contribution is 0.00333. The zero-order valence-corrected chi connectivity index (χ0v) is 14.3. The lowest BCUT2D eigenvalue weighted by atomic mass is 10.2. The van der Waals surface area contributed by atoms with E-state index in [1.807, 2.05) is 32.9 Å². The molecule has 1 N–H and O–H groups in total. The van der Waals surface area contributed by atoms with Crippen molar-refractivity contribution in [3.63, 3.8) is 0 Å². The van der Waals surface area contributed by atoms with Gasteiger partial charge in [-0.3, -0.25) is 0 Å². The molecule has 0 aliphatic carbocycles. The summed E-state index contributed by atoms with van der Waals surface area (Å²) in [5, 5.41) is 3.31. The molecular formula is C13H19Br2NO2. The van der Waals surface area contributed by atoms with Crippen molar-refractivity contribution >= 4 is 37.5 Å². The van der Waals surface area contributed by atoms with E-state index in [0.29, 0.717) is 6.61 Å². The summed E-state index contributed by atoms with van der Waals surface area (Å²) in [4.78, 5) is 0. The van der Waals surface area contributed by atoms with E-state index in [9.17, 15) is 0 Å². The Kier molecular flexibility index (Phi) is 5.95. The van der Waals surface area contributed by atoms with Gasteiger partial charge in [0.25, 0.3) is 0 Å². The van der Waals surface area contributed by atoms with E-state index in [4.69, 9.17) is 9.47 Å². The summed E-state index contributed by atoms with van der Waals surface area (Å²) >= 11 is 6.96. The summed E-state index contributed by atoms with van der Waals surface area (Å²) in [6, 6.07) is 3.91. The van der Waals surface area contributed by atoms with Crippen LogP contribution in [0.3, 0.4) is 0 Å². The lowest BCUT2D eigenvalue weighted by Gasteiger charge is -2.20. The maximum Gasteiger partial charge on any atom is 0.135 e. The summed E-state index contributed by atoms with van der Waals surface area (Å²) in [5.74, 6) is 0.803. The van der Waals surface area contributed by atoms with Gasteiger partial charge in [-0.1, -0.05) is 0 Å². The third kappa shape index (κ3) is 5.16. The Labute approximate surface area is 125 Å². The van der Waals surface area contributed by atoms with Gasteiger partial charge in [0.1, 0.15) is 5.75 Å². The minimum Gasteiger partial charge on any atom is -0.495 e. The van der Waals surface area contributed by atoms with Crippen LogP contribution in [0.4, 0.5) is 5.69 Å². The summed E-state index contributed by atoms with van der Waals surface area (Å²) in [6.45, 7) is 7.55. The summed E-state index contributed by atoms with van der Waals surface area (Å²) in [6.07, 6.45) is 0. The minimum absolute atomic E-state index is 0.101. The van der Waals surface area contributed by atoms with Gasteiger partial charge in [0.15, 0.2) is 0 Å². The number of ether oxygens (including phenoxy) is 2. The van der Waals surface area contributed by atoms with Gasteiger partial charge in [-0.2, -0.15) is 0 Å². The third-order valence-corrected chi connectivity index (χ3v) is 3.47. The zero-order chi connectivity index (χ0) is 13.8. The van der Waals surface area contributed by atoms with Crippen molar-refractivity contribution < 1.29 is 9.47 Å². The SMILES string of the molecule is COc1cc(NCCOC(C)(C)C)c(Br)cc1Br. The van der Waals surface area contributed by atoms with Crippen LogP contribution in [0.2, 0.25) is 0 Å². The quantitative estimate of drug-likeness (QED) is 0.765. The fourth-order valence-electron chi connectivity index (χ4n) is 1.36. The summed E-state index contributed by atoms with van der Waals surface area (Å²) in [7, 11) is 1.65. The van der Waals surface area contributed by atoms with Gasteiger partial charge in [-0.05, 0) is 58.7 Å². The van der Waals surface area contributed by atoms with Crippen LogP contribution in [0.25, 0.3) is 0 Å². The van der Waals surface area contributed by atoms with Crippen molar-refractivity contribution in [1.82, 2.24) is 0 Å². The van der Waals surface area contributed by atoms with Gasteiger partial charge >= 0.3 is 0 Å². The number of anilines is 1. The Balaban J connectivity index is 2.57. The molecule has 0 saturated carbocycles. The third-order valence-electron chi connectivity index (χ3n) is 2.19. The second-order valence-electron chi connectivity index (χ2n) is 4.85. The first kappa shape index (κ1) is 15.8. The normalized spacial score (nSPS) is 11.4. The van der Waals surface area contributed by atoms with Crippen LogP contribution in [-0.4, -0.2) is 25.9 Å². The van der Waals surface area contributed by atoms with Crippen LogP contribution in [0.1, 0.15) is 20.8 Å². The molecule has 0 unspecified atom stereocenters. The van der Waals surface area contributed by atoms with Crippen molar-refractivity contribution in [2.45, 2.75) is 26.4 Å². The fourth-order valence-corrected chi connectivity index (χ4v) is 2.66. The molecule has 1 aromatic rings. The Morgan fingerprint density at radius 3 is 2.39 bits per heavy atom. The topological polar surface area (TPSA) is 30.5 Å². The van der Waals surface area contributed by atoms with Gasteiger partial charge in [-0.25, -0.2) is 0 Å². The Morgan fingerprint density at radius 2 is 1.83 bits per heavy atom. The van der Waals surface area contributed by atoms with E-state index in [2.05, 4.69) is 37.2 Å². The molecule has 0 aliphatic heterocycles. The van der Waals surface area contributed by atoms with Crippen molar-refractivity contribution in [3.05, 3.63) is 21.1 Å². The van der Waals surface area contributed by atoms with Crippen molar-refractivity contribution in [3.8, 4) is 5.75 Å². The molecule has 0 fully saturated rings. The van der Waals surface area contributed by atoms with Crippen LogP contribution in [-0.2, 0) is 4.74 Å². The maximum atomic E-state index is 5.65. The average molecular weight is 381 g/mol. The first-order chi connectivity index (χ1) is 8.33. The number of methoxy groups -OCH3 is 1. The first-order valence-corrected chi connectivity index (χ1v) is 7.33. The van der Waals surface area contributed by atoms with E-state index >= 15 is 0 Å². The molecule has 0 saturated heterocycles. The standard InChI is InChI=1S/C13H19Br2NO2/c1-13(2,3)18-6-5-16-11-8-12(17-4)10(15)7-9(11)14/h7-8,16H,5-6H2,1-4H3. The molecule has 5 heteroatoms. The highest BCUT2D eigenvalue weighted by Crippen LogP contribution is 2.34. The van der Waals surface area contributed by atoms with E-state index in [0.717, 1.165) is 26.9 Å². The lowest BCUT2D eigenvalue weighted by Crippen LogP contribution is -2.23. The van der Waals surface area contributed by atoms with E-state index < -0.39 is 0 Å². The molecule has 18 heavy (non-hydrogen) atoms. The van der Waals surface area contributed by atoms with Gasteiger partial charge in [0, 0.05) is 17.1 Å². The first-order valence-electron chi connectivity index (χ1n) is 5.74. The number of rotatable bonds is 5. The molecule has 1 rings (SSSR count). The van der Waals surface area contributed by atoms with Gasteiger partial charge in [0.2, 0.25) is 0 Å². The highest BCUT2D eigenvalue weighted by Gasteiger charge is 2.10. The monoisotopic (exact) mass is 379 g/mol. The predicted molar refractivity (Wildman–Crippen MR) is 82.6 cm³/mol. The molecule has 0 bridgehead atoms. The largest absolute Gasteiger partial charge is 0.495 e. The molecule has 0 spiro atoms. The predicted octanol–water partition coefficient (Wildman–Crippen LogP) is 4.45. The van der Waals surface area contributed by atoms with E-state index in [1.165, 1.54) is 0 Å². The van der Waals surface area contributed by atoms with Crippen LogP contribution in [0.15, 0.2) is 21.1 Å². The number of benzene rings is 1. The average Bonchev–Trinajstić information content (AvgIpc) is 2.25. The minimum atomic E-state index is -0.101. The van der Waals surface area contributed by atoms with Gasteiger partial charge < -0.3 is 14.8 Å². The van der Waals surface area contributed by atoms with Crippen LogP contribution < -0.4 is 10.1 Å². The van der Waals surface area contributed by atoms with Gasteiger partial charge in [0.05, 0.1) is 29.5 Å². The molecule has 3 nitrogen and oxygen atoms in total. The number of hydrogen-bond donors (Lipinski definition) is 1. The second kappa shape index (κ2) is 6.78. The smallest absolute Gasteiger partial charge is 0.135 e. The number of hydrogen-bond acceptors (Lipinski definition) is 3. The number of nitrogens with one attached hydrogen (secondary N) is 1. The van der Waals surface area contributed by atoms with Crippen molar-refractivity contribution in [2.24, 2.45) is 0 Å². The van der Waals surface area contributed by atoms with Crippen molar-refractivity contribution in [2.75, 3.05) is 25.6 Å². The van der Waals surface area contributed by atoms with E-state index in [1.54, 1.807) is 7.11 Å². The summed E-state index contributed by atoms with van der Waals surface area (Å²) < 4.78 is 12.8. The van der Waals surface area contributed by atoms with E-state index in [-0.39, 0.29) is 5.60 Å². The number of halogens is 2. The Hall–Kier alpha value is -0.260. The van der Waals surface area contributed by atoms with Crippen LogP contribution in [0, 0.1) is 0 Å². The second-order valence-corrected chi connectivity index (χ2v) is 6.56. The molecule has 0 amide bonds. The van der Waals surface area contributed by atoms with Crippen LogP contribution >= 0.6 is 31.9 Å². The molecule has 0 radical (unpaired) electrons. The Morgan fingerprint density at radius 1 is 1.17 bits per heavy atom. The fraction of sp³-hybridized carbons (Fsp3) is 0.538. The van der Waals surface area contributed by atoms with Gasteiger partial charge in [-0.15, -0.1) is 0 Å². The molecular weight excluding hydrogens is 362 g/mol. The highest BCUT2D eigenvalue weighted by atomic mass is 79.9. The van der Waals surface area contributed by atoms with Crippen LogP contribution in [0.5, 0.6) is 5.75 Å². The molecule has 0 heterocycles. The highest BCUT2D eigenvalue weighted by molar-refractivity contribution is 9.11. The summed E-state index contributed by atoms with van der Waals surface area (Å²) in [5.41, 5.74) is 0.892. The Bertz CT molecular complexity index is 403. The van der Waals surface area contributed by atoms with Crippen molar-refractivity contribution in [1.29, 1.82) is 0 Å².